The summed E-state index contributed by atoms with van der Waals surface area (Å²) >= 11 is 0. The van der Waals surface area contributed by atoms with Crippen molar-refractivity contribution >= 4 is 5.91 Å². The van der Waals surface area contributed by atoms with Gasteiger partial charge in [-0.1, -0.05) is 0 Å². The highest BCUT2D eigenvalue weighted by Gasteiger charge is 2.31. The summed E-state index contributed by atoms with van der Waals surface area (Å²) in [5, 5.41) is 3.07. The molecule has 1 N–H and O–H groups in total. The molecule has 0 saturated carbocycles. The Labute approximate surface area is 129 Å². The zero-order valence-corrected chi connectivity index (χ0v) is 12.7. The molecule has 6 heteroatoms. The fourth-order valence-electron chi connectivity index (χ4n) is 2.86. The van der Waals surface area contributed by atoms with Gasteiger partial charge in [-0.3, -0.25) is 4.79 Å². The van der Waals surface area contributed by atoms with E-state index in [1.165, 1.54) is 0 Å². The van der Waals surface area contributed by atoms with Crippen molar-refractivity contribution in [1.29, 1.82) is 0 Å². The van der Waals surface area contributed by atoms with Crippen LogP contribution >= 0.6 is 0 Å². The number of carbonyl (C=O) groups is 1. The van der Waals surface area contributed by atoms with Crippen LogP contribution in [-0.2, 0) is 22.5 Å². The van der Waals surface area contributed by atoms with Crippen molar-refractivity contribution in [1.82, 2.24) is 14.9 Å². The molecule has 118 valence electrons. The van der Waals surface area contributed by atoms with Crippen LogP contribution in [0.15, 0.2) is 35.2 Å². The van der Waals surface area contributed by atoms with Gasteiger partial charge in [-0.05, 0) is 31.9 Å². The predicted molar refractivity (Wildman–Crippen MR) is 80.2 cm³/mol. The smallest absolute Gasteiger partial charge is 0.227 e. The standard InChI is InChI=1S/C16H21N3O3/c1-2-19-8-7-17-16(19)15-13(6-4-10-22-15)18-14(20)11-12-5-3-9-21-12/h3,5,7-9,13,15H,2,4,6,10-11H2,1H3,(H,18,20)/t13-,15-/m1/s1. The second-order valence-electron chi connectivity index (χ2n) is 5.44. The fraction of sp³-hybridized carbons (Fsp3) is 0.500. The highest BCUT2D eigenvalue weighted by Crippen LogP contribution is 2.27. The van der Waals surface area contributed by atoms with Gasteiger partial charge in [-0.15, -0.1) is 0 Å². The number of ether oxygens (including phenoxy) is 1. The van der Waals surface area contributed by atoms with Gasteiger partial charge in [0.05, 0.1) is 18.7 Å². The second kappa shape index (κ2) is 6.79. The third-order valence-corrected chi connectivity index (χ3v) is 3.93. The summed E-state index contributed by atoms with van der Waals surface area (Å²) in [6.07, 6.45) is 7.18. The van der Waals surface area contributed by atoms with E-state index in [0.29, 0.717) is 12.4 Å². The van der Waals surface area contributed by atoms with Crippen LogP contribution in [-0.4, -0.2) is 28.1 Å². The molecule has 2 aromatic heterocycles. The van der Waals surface area contributed by atoms with Crippen molar-refractivity contribution in [2.24, 2.45) is 0 Å². The lowest BCUT2D eigenvalue weighted by Gasteiger charge is -2.32. The van der Waals surface area contributed by atoms with Crippen LogP contribution in [0.2, 0.25) is 0 Å². The number of amides is 1. The van der Waals surface area contributed by atoms with Crippen molar-refractivity contribution in [2.75, 3.05) is 6.61 Å². The Kier molecular flexibility index (Phi) is 4.58. The Morgan fingerprint density at radius 3 is 3.23 bits per heavy atom. The summed E-state index contributed by atoms with van der Waals surface area (Å²) in [5.41, 5.74) is 0. The fourth-order valence-corrected chi connectivity index (χ4v) is 2.86. The molecule has 1 saturated heterocycles. The predicted octanol–water partition coefficient (Wildman–Crippen LogP) is 2.07. The van der Waals surface area contributed by atoms with Crippen LogP contribution in [0.3, 0.4) is 0 Å². The molecule has 3 heterocycles. The summed E-state index contributed by atoms with van der Waals surface area (Å²) in [6.45, 7) is 3.60. The highest BCUT2D eigenvalue weighted by molar-refractivity contribution is 5.78. The molecule has 0 bridgehead atoms. The number of imidazole rings is 1. The van der Waals surface area contributed by atoms with Crippen molar-refractivity contribution in [3.8, 4) is 0 Å². The number of furan rings is 1. The van der Waals surface area contributed by atoms with Gasteiger partial charge in [0.15, 0.2) is 0 Å². The second-order valence-corrected chi connectivity index (χ2v) is 5.44. The first kappa shape index (κ1) is 14.8. The first-order valence-corrected chi connectivity index (χ1v) is 7.72. The molecular formula is C16H21N3O3. The molecular weight excluding hydrogens is 282 g/mol. The van der Waals surface area contributed by atoms with E-state index >= 15 is 0 Å². The molecule has 2 atom stereocenters. The molecule has 3 rings (SSSR count). The lowest BCUT2D eigenvalue weighted by atomic mass is 10.0. The lowest BCUT2D eigenvalue weighted by molar-refractivity contribution is -0.124. The highest BCUT2D eigenvalue weighted by atomic mass is 16.5. The molecule has 1 aliphatic heterocycles. The van der Waals surface area contributed by atoms with E-state index in [1.54, 1.807) is 24.6 Å². The first-order valence-electron chi connectivity index (χ1n) is 7.72. The minimum absolute atomic E-state index is 0.0509. The third-order valence-electron chi connectivity index (χ3n) is 3.93. The molecule has 1 aliphatic rings. The van der Waals surface area contributed by atoms with Crippen LogP contribution in [0, 0.1) is 0 Å². The summed E-state index contributed by atoms with van der Waals surface area (Å²) in [5.74, 6) is 1.50. The van der Waals surface area contributed by atoms with Crippen molar-refractivity contribution < 1.29 is 13.9 Å². The third kappa shape index (κ3) is 3.22. The van der Waals surface area contributed by atoms with E-state index in [2.05, 4.69) is 21.8 Å². The quantitative estimate of drug-likeness (QED) is 0.918. The first-order chi connectivity index (χ1) is 10.8. The number of nitrogens with zero attached hydrogens (tertiary/aromatic N) is 2. The van der Waals surface area contributed by atoms with Crippen LogP contribution in [0.4, 0.5) is 0 Å². The van der Waals surface area contributed by atoms with E-state index in [9.17, 15) is 4.79 Å². The summed E-state index contributed by atoms with van der Waals surface area (Å²) in [4.78, 5) is 16.6. The number of nitrogens with one attached hydrogen (secondary N) is 1. The molecule has 2 aromatic rings. The van der Waals surface area contributed by atoms with Crippen molar-refractivity contribution in [3.05, 3.63) is 42.4 Å². The summed E-state index contributed by atoms with van der Waals surface area (Å²) < 4.78 is 13.2. The molecule has 1 fully saturated rings. The van der Waals surface area contributed by atoms with Gasteiger partial charge in [-0.2, -0.15) is 0 Å². The largest absolute Gasteiger partial charge is 0.469 e. The van der Waals surface area contributed by atoms with E-state index in [-0.39, 0.29) is 24.5 Å². The van der Waals surface area contributed by atoms with E-state index in [1.807, 2.05) is 6.20 Å². The monoisotopic (exact) mass is 303 g/mol. The maximum Gasteiger partial charge on any atom is 0.227 e. The average molecular weight is 303 g/mol. The maximum absolute atomic E-state index is 12.2. The zero-order valence-electron chi connectivity index (χ0n) is 12.7. The van der Waals surface area contributed by atoms with Gasteiger partial charge in [-0.25, -0.2) is 4.98 Å². The van der Waals surface area contributed by atoms with Crippen molar-refractivity contribution in [3.63, 3.8) is 0 Å². The number of carbonyl (C=O) groups excluding carboxylic acids is 1. The molecule has 0 unspecified atom stereocenters. The molecule has 0 aromatic carbocycles. The van der Waals surface area contributed by atoms with E-state index < -0.39 is 0 Å². The minimum atomic E-state index is -0.191. The number of aryl methyl sites for hydroxylation is 1. The minimum Gasteiger partial charge on any atom is -0.469 e. The normalized spacial score (nSPS) is 21.7. The van der Waals surface area contributed by atoms with E-state index in [4.69, 9.17) is 9.15 Å². The molecule has 6 nitrogen and oxygen atoms in total. The van der Waals surface area contributed by atoms with E-state index in [0.717, 1.165) is 25.2 Å². The number of aromatic nitrogens is 2. The van der Waals surface area contributed by atoms with Crippen LogP contribution in [0.1, 0.15) is 37.5 Å². The van der Waals surface area contributed by atoms with Crippen LogP contribution in [0.5, 0.6) is 0 Å². The Morgan fingerprint density at radius 1 is 1.55 bits per heavy atom. The Morgan fingerprint density at radius 2 is 2.45 bits per heavy atom. The molecule has 0 radical (unpaired) electrons. The van der Waals surface area contributed by atoms with Gasteiger partial charge in [0.25, 0.3) is 0 Å². The topological polar surface area (TPSA) is 69.3 Å². The molecule has 1 amide bonds. The number of hydrogen-bond acceptors (Lipinski definition) is 4. The van der Waals surface area contributed by atoms with Crippen LogP contribution in [0.25, 0.3) is 0 Å². The zero-order chi connectivity index (χ0) is 15.4. The SMILES string of the molecule is CCn1ccnc1[C@@H]1OCCC[C@H]1NC(=O)Cc1ccco1. The summed E-state index contributed by atoms with van der Waals surface area (Å²) in [6, 6.07) is 3.54. The van der Waals surface area contributed by atoms with Crippen molar-refractivity contribution in [2.45, 2.75) is 44.9 Å². The molecule has 22 heavy (non-hydrogen) atoms. The molecule has 0 spiro atoms. The van der Waals surface area contributed by atoms with Gasteiger partial charge in [0, 0.05) is 25.5 Å². The Hall–Kier alpha value is -2.08. The number of rotatable bonds is 5. The van der Waals surface area contributed by atoms with Gasteiger partial charge in [0.1, 0.15) is 17.7 Å². The average Bonchev–Trinajstić information content (AvgIpc) is 3.18. The molecule has 0 aliphatic carbocycles. The Balaban J connectivity index is 1.68. The maximum atomic E-state index is 12.2. The van der Waals surface area contributed by atoms with Gasteiger partial charge in [0.2, 0.25) is 5.91 Å². The lowest BCUT2D eigenvalue weighted by Crippen LogP contribution is -2.44. The van der Waals surface area contributed by atoms with Gasteiger partial charge >= 0.3 is 0 Å². The number of hydrogen-bond donors (Lipinski definition) is 1. The summed E-state index contributed by atoms with van der Waals surface area (Å²) in [7, 11) is 0. The van der Waals surface area contributed by atoms with Gasteiger partial charge < -0.3 is 19.0 Å². The van der Waals surface area contributed by atoms with Crippen LogP contribution < -0.4 is 5.32 Å². The Bertz CT molecular complexity index is 606.